The first-order valence-corrected chi connectivity index (χ1v) is 13.5. The van der Waals surface area contributed by atoms with Crippen LogP contribution in [0.1, 0.15) is 40.8 Å². The van der Waals surface area contributed by atoms with E-state index in [1.807, 2.05) is 69.3 Å². The number of benzene rings is 3. The van der Waals surface area contributed by atoms with E-state index in [-0.39, 0.29) is 36.8 Å². The van der Waals surface area contributed by atoms with Crippen LogP contribution in [0.3, 0.4) is 0 Å². The lowest BCUT2D eigenvalue weighted by molar-refractivity contribution is -0.136. The fraction of sp³-hybridized carbons (Fsp3) is 0.281. The second kappa shape index (κ2) is 11.3. The molecule has 2 heterocycles. The highest BCUT2D eigenvalue weighted by Crippen LogP contribution is 2.38. The number of aryl methyl sites for hydroxylation is 2. The number of nitrogens with one attached hydrogen (secondary N) is 2. The van der Waals surface area contributed by atoms with Crippen LogP contribution in [0.5, 0.6) is 0 Å². The van der Waals surface area contributed by atoms with E-state index < -0.39 is 12.1 Å². The minimum Gasteiger partial charge on any atom is -0.350 e. The Bertz CT molecular complexity index is 1470. The van der Waals surface area contributed by atoms with Crippen LogP contribution in [0.4, 0.5) is 9.18 Å². The molecule has 4 amide bonds. The van der Waals surface area contributed by atoms with Gasteiger partial charge >= 0.3 is 6.03 Å². The molecule has 0 fully saturated rings. The van der Waals surface area contributed by atoms with Gasteiger partial charge in [-0.15, -0.1) is 0 Å². The van der Waals surface area contributed by atoms with E-state index in [0.29, 0.717) is 24.2 Å². The van der Waals surface area contributed by atoms with E-state index in [0.717, 1.165) is 27.8 Å². The van der Waals surface area contributed by atoms with Crippen molar-refractivity contribution >= 4 is 17.8 Å². The van der Waals surface area contributed by atoms with Gasteiger partial charge in [0.2, 0.25) is 5.91 Å². The van der Waals surface area contributed by atoms with Crippen molar-refractivity contribution in [3.05, 3.63) is 118 Å². The van der Waals surface area contributed by atoms with Crippen LogP contribution in [-0.2, 0) is 22.6 Å². The van der Waals surface area contributed by atoms with E-state index >= 15 is 0 Å². The summed E-state index contributed by atoms with van der Waals surface area (Å²) >= 11 is 0. The van der Waals surface area contributed by atoms with Crippen LogP contribution >= 0.6 is 0 Å². The number of halogens is 1. The molecule has 40 heavy (non-hydrogen) atoms. The molecule has 2 N–H and O–H groups in total. The van der Waals surface area contributed by atoms with E-state index in [1.165, 1.54) is 12.1 Å². The van der Waals surface area contributed by atoms with Crippen molar-refractivity contribution in [1.82, 2.24) is 20.4 Å². The predicted octanol–water partition coefficient (Wildman–Crippen LogP) is 4.55. The second-order valence-corrected chi connectivity index (χ2v) is 10.3. The van der Waals surface area contributed by atoms with Crippen molar-refractivity contribution in [3.8, 4) is 0 Å². The summed E-state index contributed by atoms with van der Waals surface area (Å²) in [6.07, 6.45) is 0.310. The fourth-order valence-corrected chi connectivity index (χ4v) is 5.57. The van der Waals surface area contributed by atoms with Gasteiger partial charge in [-0.2, -0.15) is 0 Å². The lowest BCUT2D eigenvalue weighted by Crippen LogP contribution is -2.49. The normalized spacial score (nSPS) is 17.6. The molecule has 206 valence electrons. The van der Waals surface area contributed by atoms with Gasteiger partial charge in [-0.25, -0.2) is 9.18 Å². The van der Waals surface area contributed by atoms with Crippen LogP contribution in [0.2, 0.25) is 0 Å². The number of carbonyl (C=O) groups excluding carboxylic acids is 3. The van der Waals surface area contributed by atoms with Crippen LogP contribution in [-0.4, -0.2) is 46.8 Å². The van der Waals surface area contributed by atoms with Gasteiger partial charge < -0.3 is 15.5 Å². The number of urea groups is 1. The molecule has 3 aromatic rings. The van der Waals surface area contributed by atoms with Crippen molar-refractivity contribution < 1.29 is 18.8 Å². The maximum absolute atomic E-state index is 14.2. The van der Waals surface area contributed by atoms with Crippen molar-refractivity contribution in [1.29, 1.82) is 0 Å². The molecule has 0 saturated carbocycles. The summed E-state index contributed by atoms with van der Waals surface area (Å²) in [5, 5.41) is 5.98. The average Bonchev–Trinajstić information content (AvgIpc) is 3.28. The van der Waals surface area contributed by atoms with Crippen LogP contribution < -0.4 is 10.6 Å². The molecule has 5 rings (SSSR count). The molecule has 0 aromatic heterocycles. The van der Waals surface area contributed by atoms with Crippen molar-refractivity contribution in [2.45, 2.75) is 45.8 Å². The highest BCUT2D eigenvalue weighted by Gasteiger charge is 2.47. The Morgan fingerprint density at radius 2 is 1.75 bits per heavy atom. The molecule has 0 bridgehead atoms. The van der Waals surface area contributed by atoms with E-state index in [2.05, 4.69) is 10.6 Å². The van der Waals surface area contributed by atoms with Gasteiger partial charge in [-0.1, -0.05) is 66.2 Å². The first-order chi connectivity index (χ1) is 19.3. The number of amides is 4. The summed E-state index contributed by atoms with van der Waals surface area (Å²) in [6, 6.07) is 19.8. The van der Waals surface area contributed by atoms with Crippen LogP contribution in [0.25, 0.3) is 0 Å². The smallest absolute Gasteiger partial charge is 0.322 e. The summed E-state index contributed by atoms with van der Waals surface area (Å²) in [4.78, 5) is 44.2. The summed E-state index contributed by atoms with van der Waals surface area (Å²) in [6.45, 7) is 6.58. The Hall–Kier alpha value is -4.46. The maximum Gasteiger partial charge on any atom is 0.322 e. The Morgan fingerprint density at radius 1 is 1.02 bits per heavy atom. The average molecular weight is 541 g/mol. The first-order valence-electron chi connectivity index (χ1n) is 13.5. The molecule has 0 spiro atoms. The Balaban J connectivity index is 1.48. The monoisotopic (exact) mass is 540 g/mol. The Kier molecular flexibility index (Phi) is 7.69. The second-order valence-electron chi connectivity index (χ2n) is 10.3. The van der Waals surface area contributed by atoms with Crippen molar-refractivity contribution in [2.75, 3.05) is 13.1 Å². The molecule has 7 nitrogen and oxygen atoms in total. The molecular weight excluding hydrogens is 507 g/mol. The van der Waals surface area contributed by atoms with Crippen molar-refractivity contribution in [2.24, 2.45) is 0 Å². The summed E-state index contributed by atoms with van der Waals surface area (Å²) < 4.78 is 13.4. The molecule has 2 aliphatic rings. The van der Waals surface area contributed by atoms with Gasteiger partial charge in [-0.05, 0) is 55.2 Å². The summed E-state index contributed by atoms with van der Waals surface area (Å²) in [5.74, 6) is -0.929. The quantitative estimate of drug-likeness (QED) is 0.440. The molecule has 8 heteroatoms. The standard InChI is InChI=1S/C32H33FN4O3/c1-4-36-27-19-37(31(39)28(27)29(35-32(36)40)25-15-10-20(2)16-21(25)3)26(17-22-8-6-5-7-9-22)30(38)34-18-23-11-13-24(33)14-12-23/h5-16,26,29H,4,17-19H2,1-3H3,(H,34,38)(H,35,40)/t26-,29+/m0/s1. The molecule has 2 aliphatic heterocycles. The molecule has 0 aliphatic carbocycles. The van der Waals surface area contributed by atoms with Gasteiger partial charge in [0.1, 0.15) is 11.9 Å². The number of hydrogen-bond donors (Lipinski definition) is 2. The molecule has 0 radical (unpaired) electrons. The van der Waals surface area contributed by atoms with Gasteiger partial charge in [0.15, 0.2) is 0 Å². The third-order valence-electron chi connectivity index (χ3n) is 7.63. The highest BCUT2D eigenvalue weighted by molar-refractivity contribution is 6.03. The largest absolute Gasteiger partial charge is 0.350 e. The van der Waals surface area contributed by atoms with E-state index in [9.17, 15) is 18.8 Å². The lowest BCUT2D eigenvalue weighted by atomic mass is 9.91. The molecule has 0 saturated heterocycles. The fourth-order valence-electron chi connectivity index (χ4n) is 5.57. The number of likely N-dealkylation sites (N-methyl/N-ethyl adjacent to an activating group) is 1. The molecule has 2 atom stereocenters. The third-order valence-corrected chi connectivity index (χ3v) is 7.63. The van der Waals surface area contributed by atoms with Gasteiger partial charge in [0.25, 0.3) is 5.91 Å². The van der Waals surface area contributed by atoms with Gasteiger partial charge in [0.05, 0.1) is 23.9 Å². The Labute approximate surface area is 233 Å². The molecular formula is C32H33FN4O3. The molecule has 0 unspecified atom stereocenters. The van der Waals surface area contributed by atoms with Crippen LogP contribution in [0, 0.1) is 19.7 Å². The Morgan fingerprint density at radius 3 is 2.42 bits per heavy atom. The predicted molar refractivity (Wildman–Crippen MR) is 150 cm³/mol. The van der Waals surface area contributed by atoms with Crippen molar-refractivity contribution in [3.63, 3.8) is 0 Å². The lowest BCUT2D eigenvalue weighted by Gasteiger charge is -2.33. The zero-order valence-electron chi connectivity index (χ0n) is 22.9. The van der Waals surface area contributed by atoms with E-state index in [4.69, 9.17) is 0 Å². The zero-order valence-corrected chi connectivity index (χ0v) is 22.9. The minimum atomic E-state index is -0.811. The number of hydrogen-bond acceptors (Lipinski definition) is 3. The minimum absolute atomic E-state index is 0.151. The maximum atomic E-state index is 14.2. The van der Waals surface area contributed by atoms with Gasteiger partial charge in [0, 0.05) is 19.5 Å². The van der Waals surface area contributed by atoms with Gasteiger partial charge in [-0.3, -0.25) is 14.5 Å². The third kappa shape index (κ3) is 5.34. The zero-order chi connectivity index (χ0) is 28.4. The van der Waals surface area contributed by atoms with E-state index in [1.54, 1.807) is 21.9 Å². The topological polar surface area (TPSA) is 81.8 Å². The number of carbonyl (C=O) groups is 3. The number of nitrogens with zero attached hydrogens (tertiary/aromatic N) is 2. The molecule has 3 aromatic carbocycles. The number of rotatable bonds is 8. The highest BCUT2D eigenvalue weighted by atomic mass is 19.1. The SMILES string of the molecule is CCN1C(=O)N[C@H](c2ccc(C)cc2C)C2=C1CN([C@@H](Cc1ccccc1)C(=O)NCc1ccc(F)cc1)C2=O. The summed E-state index contributed by atoms with van der Waals surface area (Å²) in [7, 11) is 0. The first kappa shape index (κ1) is 27.1. The van der Waals surface area contributed by atoms with Crippen LogP contribution in [0.15, 0.2) is 84.1 Å². The summed E-state index contributed by atoms with van der Waals surface area (Å²) in [5.41, 5.74) is 5.72.